The van der Waals surface area contributed by atoms with E-state index in [1.807, 2.05) is 12.1 Å². The van der Waals surface area contributed by atoms with E-state index >= 15 is 0 Å². The molecule has 0 saturated carbocycles. The van der Waals surface area contributed by atoms with Crippen molar-refractivity contribution in [3.63, 3.8) is 0 Å². The van der Waals surface area contributed by atoms with Gasteiger partial charge in [-0.25, -0.2) is 0 Å². The van der Waals surface area contributed by atoms with E-state index in [9.17, 15) is 0 Å². The zero-order valence-corrected chi connectivity index (χ0v) is 9.51. The first-order valence-corrected chi connectivity index (χ1v) is 5.82. The molecule has 0 radical (unpaired) electrons. The Hall–Kier alpha value is -1.18. The number of thioether (sulfide) groups is 1. The SMILES string of the molecule is COc1cc(CSCCN)ccc1C#N. The number of methoxy groups -OCH3 is 1. The van der Waals surface area contributed by atoms with Crippen LogP contribution in [0.25, 0.3) is 0 Å². The molecule has 1 rings (SSSR count). The second kappa shape index (κ2) is 6.33. The second-order valence-electron chi connectivity index (χ2n) is 2.99. The topological polar surface area (TPSA) is 59.0 Å². The average molecular weight is 222 g/mol. The van der Waals surface area contributed by atoms with Gasteiger partial charge in [-0.1, -0.05) is 6.07 Å². The number of nitriles is 1. The summed E-state index contributed by atoms with van der Waals surface area (Å²) < 4.78 is 5.13. The quantitative estimate of drug-likeness (QED) is 0.771. The Morgan fingerprint density at radius 2 is 2.33 bits per heavy atom. The molecule has 0 saturated heterocycles. The molecular formula is C11H14N2OS. The fourth-order valence-corrected chi connectivity index (χ4v) is 1.92. The summed E-state index contributed by atoms with van der Waals surface area (Å²) in [5.41, 5.74) is 7.14. The van der Waals surface area contributed by atoms with Crippen LogP contribution in [0.1, 0.15) is 11.1 Å². The molecule has 0 aromatic heterocycles. The van der Waals surface area contributed by atoms with Gasteiger partial charge in [0.05, 0.1) is 12.7 Å². The smallest absolute Gasteiger partial charge is 0.136 e. The summed E-state index contributed by atoms with van der Waals surface area (Å²) in [4.78, 5) is 0. The number of nitrogens with zero attached hydrogens (tertiary/aromatic N) is 1. The summed E-state index contributed by atoms with van der Waals surface area (Å²) >= 11 is 1.78. The van der Waals surface area contributed by atoms with Crippen LogP contribution < -0.4 is 10.5 Å². The first-order valence-electron chi connectivity index (χ1n) is 4.66. The Morgan fingerprint density at radius 3 is 2.93 bits per heavy atom. The molecule has 15 heavy (non-hydrogen) atoms. The maximum atomic E-state index is 8.80. The minimum atomic E-state index is 0.574. The van der Waals surface area contributed by atoms with Gasteiger partial charge in [-0.2, -0.15) is 17.0 Å². The maximum Gasteiger partial charge on any atom is 0.136 e. The first kappa shape index (κ1) is 11.9. The molecule has 0 amide bonds. The lowest BCUT2D eigenvalue weighted by Crippen LogP contribution is -2.01. The largest absolute Gasteiger partial charge is 0.495 e. The summed E-state index contributed by atoms with van der Waals surface area (Å²) in [5, 5.41) is 8.80. The third kappa shape index (κ3) is 3.46. The van der Waals surface area contributed by atoms with Crippen LogP contribution in [0.5, 0.6) is 5.75 Å². The Kier molecular flexibility index (Phi) is 5.02. The predicted molar refractivity (Wildman–Crippen MR) is 62.9 cm³/mol. The van der Waals surface area contributed by atoms with Gasteiger partial charge in [0.15, 0.2) is 0 Å². The minimum Gasteiger partial charge on any atom is -0.495 e. The van der Waals surface area contributed by atoms with Crippen molar-refractivity contribution < 1.29 is 4.74 Å². The van der Waals surface area contributed by atoms with Gasteiger partial charge >= 0.3 is 0 Å². The monoisotopic (exact) mass is 222 g/mol. The van der Waals surface area contributed by atoms with Gasteiger partial charge < -0.3 is 10.5 Å². The third-order valence-electron chi connectivity index (χ3n) is 1.92. The fraction of sp³-hybridized carbons (Fsp3) is 0.364. The molecule has 1 aromatic rings. The molecule has 0 fully saturated rings. The predicted octanol–water partition coefficient (Wildman–Crippen LogP) is 1.76. The van der Waals surface area contributed by atoms with E-state index in [4.69, 9.17) is 15.7 Å². The molecule has 0 heterocycles. The van der Waals surface area contributed by atoms with Crippen LogP contribution in [-0.2, 0) is 5.75 Å². The van der Waals surface area contributed by atoms with E-state index in [1.54, 1.807) is 24.9 Å². The lowest BCUT2D eigenvalue weighted by atomic mass is 10.1. The molecule has 80 valence electrons. The molecular weight excluding hydrogens is 208 g/mol. The first-order chi connectivity index (χ1) is 7.31. The van der Waals surface area contributed by atoms with Crippen molar-refractivity contribution >= 4 is 11.8 Å². The second-order valence-corrected chi connectivity index (χ2v) is 4.09. The van der Waals surface area contributed by atoms with Gasteiger partial charge in [0.2, 0.25) is 0 Å². The van der Waals surface area contributed by atoms with Crippen LogP contribution >= 0.6 is 11.8 Å². The molecule has 0 aliphatic heterocycles. The molecule has 0 atom stereocenters. The highest BCUT2D eigenvalue weighted by Crippen LogP contribution is 2.21. The van der Waals surface area contributed by atoms with Crippen molar-refractivity contribution in [3.05, 3.63) is 29.3 Å². The lowest BCUT2D eigenvalue weighted by molar-refractivity contribution is 0.413. The summed E-state index contributed by atoms with van der Waals surface area (Å²) in [6.07, 6.45) is 0. The van der Waals surface area contributed by atoms with E-state index in [0.717, 1.165) is 17.1 Å². The summed E-state index contributed by atoms with van der Waals surface area (Å²) in [5.74, 6) is 2.49. The number of hydrogen-bond donors (Lipinski definition) is 1. The summed E-state index contributed by atoms with van der Waals surface area (Å²) in [6, 6.07) is 7.73. The normalized spacial score (nSPS) is 9.67. The van der Waals surface area contributed by atoms with E-state index in [0.29, 0.717) is 17.9 Å². The Labute approximate surface area is 94.2 Å². The van der Waals surface area contributed by atoms with Crippen molar-refractivity contribution in [2.45, 2.75) is 5.75 Å². The molecule has 3 nitrogen and oxygen atoms in total. The van der Waals surface area contributed by atoms with Gasteiger partial charge in [0.1, 0.15) is 11.8 Å². The van der Waals surface area contributed by atoms with Crippen LogP contribution in [0, 0.1) is 11.3 Å². The van der Waals surface area contributed by atoms with Crippen molar-refractivity contribution in [1.29, 1.82) is 5.26 Å². The van der Waals surface area contributed by atoms with Crippen molar-refractivity contribution in [2.24, 2.45) is 5.73 Å². The van der Waals surface area contributed by atoms with Crippen LogP contribution in [0.4, 0.5) is 0 Å². The molecule has 0 aliphatic rings. The van der Waals surface area contributed by atoms with E-state index in [-0.39, 0.29) is 0 Å². The fourth-order valence-electron chi connectivity index (χ4n) is 1.19. The summed E-state index contributed by atoms with van der Waals surface area (Å²) in [7, 11) is 1.58. The van der Waals surface area contributed by atoms with Crippen LogP contribution in [0.3, 0.4) is 0 Å². The highest BCUT2D eigenvalue weighted by molar-refractivity contribution is 7.98. The number of rotatable bonds is 5. The van der Waals surface area contributed by atoms with Crippen LogP contribution in [0.2, 0.25) is 0 Å². The Balaban J connectivity index is 2.71. The van der Waals surface area contributed by atoms with Crippen molar-refractivity contribution in [1.82, 2.24) is 0 Å². The van der Waals surface area contributed by atoms with Gasteiger partial charge in [-0.3, -0.25) is 0 Å². The van der Waals surface area contributed by atoms with Crippen molar-refractivity contribution in [3.8, 4) is 11.8 Å². The molecule has 0 unspecified atom stereocenters. The molecule has 0 aliphatic carbocycles. The van der Waals surface area contributed by atoms with E-state index < -0.39 is 0 Å². The zero-order chi connectivity index (χ0) is 11.1. The standard InChI is InChI=1S/C11H14N2OS/c1-14-11-6-9(8-15-5-4-12)2-3-10(11)7-13/h2-3,6H,4-5,8,12H2,1H3. The highest BCUT2D eigenvalue weighted by atomic mass is 32.2. The molecule has 2 N–H and O–H groups in total. The van der Waals surface area contributed by atoms with Crippen molar-refractivity contribution in [2.75, 3.05) is 19.4 Å². The van der Waals surface area contributed by atoms with Crippen LogP contribution in [0.15, 0.2) is 18.2 Å². The van der Waals surface area contributed by atoms with Gasteiger partial charge in [-0.15, -0.1) is 0 Å². The molecule has 0 bridgehead atoms. The number of ether oxygens (including phenoxy) is 1. The zero-order valence-electron chi connectivity index (χ0n) is 8.69. The molecule has 1 aromatic carbocycles. The number of nitrogens with two attached hydrogens (primary N) is 1. The Morgan fingerprint density at radius 1 is 1.53 bits per heavy atom. The third-order valence-corrected chi connectivity index (χ3v) is 2.98. The Bertz CT molecular complexity index is 360. The van der Waals surface area contributed by atoms with Gasteiger partial charge in [0, 0.05) is 18.1 Å². The van der Waals surface area contributed by atoms with E-state index in [2.05, 4.69) is 6.07 Å². The summed E-state index contributed by atoms with van der Waals surface area (Å²) in [6.45, 7) is 0.693. The highest BCUT2D eigenvalue weighted by Gasteiger charge is 2.03. The average Bonchev–Trinajstić information content (AvgIpc) is 2.29. The van der Waals surface area contributed by atoms with E-state index in [1.165, 1.54) is 0 Å². The molecule has 4 heteroatoms. The van der Waals surface area contributed by atoms with Gasteiger partial charge in [0.25, 0.3) is 0 Å². The maximum absolute atomic E-state index is 8.80. The minimum absolute atomic E-state index is 0.574. The van der Waals surface area contributed by atoms with Gasteiger partial charge in [-0.05, 0) is 17.7 Å². The van der Waals surface area contributed by atoms with Crippen LogP contribution in [-0.4, -0.2) is 19.4 Å². The lowest BCUT2D eigenvalue weighted by Gasteiger charge is -2.05. The number of hydrogen-bond acceptors (Lipinski definition) is 4. The number of benzene rings is 1. The molecule has 0 spiro atoms.